The molecule has 1 aliphatic carbocycles. The molecule has 3 heterocycles. The van der Waals surface area contributed by atoms with Crippen LogP contribution in [-0.4, -0.2) is 92.7 Å². The summed E-state index contributed by atoms with van der Waals surface area (Å²) >= 11 is 0. The van der Waals surface area contributed by atoms with E-state index in [0.29, 0.717) is 0 Å². The van der Waals surface area contributed by atoms with Crippen molar-refractivity contribution in [1.29, 1.82) is 0 Å². The van der Waals surface area contributed by atoms with Gasteiger partial charge in [0.25, 0.3) is 11.8 Å². The van der Waals surface area contributed by atoms with Crippen LogP contribution in [0.25, 0.3) is 0 Å². The van der Waals surface area contributed by atoms with Gasteiger partial charge in [0, 0.05) is 20.4 Å². The van der Waals surface area contributed by atoms with E-state index in [1.807, 2.05) is 0 Å². The number of hydrogen-bond acceptors (Lipinski definition) is 8. The lowest BCUT2D eigenvalue weighted by molar-refractivity contribution is -0.183. The Morgan fingerprint density at radius 1 is 1.33 bits per heavy atom. The number of likely N-dealkylation sites (N-methyl/N-ethyl adjacent to an activating group) is 1. The van der Waals surface area contributed by atoms with Gasteiger partial charge in [-0.05, 0) is 13.0 Å². The van der Waals surface area contributed by atoms with Crippen LogP contribution in [-0.2, 0) is 28.7 Å². The van der Waals surface area contributed by atoms with Gasteiger partial charge in [-0.15, -0.1) is 0 Å². The number of aliphatic hydroxyl groups is 2. The minimum absolute atomic E-state index is 0.0653. The number of fused-ring (bicyclic) bond motifs is 3. The van der Waals surface area contributed by atoms with Crippen molar-refractivity contribution in [2.24, 2.45) is 5.41 Å². The average Bonchev–Trinajstić information content (AvgIpc) is 3.13. The van der Waals surface area contributed by atoms with Crippen LogP contribution in [0.15, 0.2) is 11.8 Å². The van der Waals surface area contributed by atoms with Crippen molar-refractivity contribution in [2.45, 2.75) is 69.6 Å². The number of carbonyl (C=O) groups is 4. The summed E-state index contributed by atoms with van der Waals surface area (Å²) in [5.74, 6) is -2.20. The lowest BCUT2D eigenvalue weighted by Crippen LogP contribution is -2.61. The fourth-order valence-electron chi connectivity index (χ4n) is 5.24. The van der Waals surface area contributed by atoms with Gasteiger partial charge in [0.1, 0.15) is 17.3 Å². The molecule has 0 aromatic heterocycles. The summed E-state index contributed by atoms with van der Waals surface area (Å²) in [5.41, 5.74) is -4.62. The van der Waals surface area contributed by atoms with Crippen LogP contribution in [0.5, 0.6) is 0 Å². The van der Waals surface area contributed by atoms with Crippen molar-refractivity contribution in [2.75, 3.05) is 13.7 Å². The quantitative estimate of drug-likeness (QED) is 0.527. The van der Waals surface area contributed by atoms with Gasteiger partial charge in [0.2, 0.25) is 0 Å². The smallest absolute Gasteiger partial charge is 0.303 e. The van der Waals surface area contributed by atoms with Crippen molar-refractivity contribution < 1.29 is 38.9 Å². The maximum Gasteiger partial charge on any atom is 0.303 e. The SMILES string of the molecule is CC(=O)O[C@H]1[C@]2(O)C=C3C(=O)N(C)[C@H](CO)C(=O)N3[C@@H]2C[C@]12O[C@H](C)C(C)(C)C2=O. The number of ketones is 1. The van der Waals surface area contributed by atoms with E-state index in [1.165, 1.54) is 13.1 Å². The number of nitrogens with zero attached hydrogens (tertiary/aromatic N) is 2. The third kappa shape index (κ3) is 2.29. The highest BCUT2D eigenvalue weighted by atomic mass is 16.6. The number of rotatable bonds is 2. The minimum Gasteiger partial charge on any atom is -0.455 e. The van der Waals surface area contributed by atoms with E-state index in [1.54, 1.807) is 20.8 Å². The van der Waals surface area contributed by atoms with Crippen molar-refractivity contribution in [3.05, 3.63) is 11.8 Å². The molecule has 6 atom stereocenters. The molecule has 2 saturated heterocycles. The lowest BCUT2D eigenvalue weighted by Gasteiger charge is -2.40. The zero-order valence-corrected chi connectivity index (χ0v) is 17.5. The number of carbonyl (C=O) groups excluding carboxylic acids is 4. The van der Waals surface area contributed by atoms with Crippen molar-refractivity contribution in [3.8, 4) is 0 Å². The Kier molecular flexibility index (Phi) is 4.27. The zero-order valence-electron chi connectivity index (χ0n) is 17.5. The third-order valence-electron chi connectivity index (χ3n) is 7.17. The van der Waals surface area contributed by atoms with Gasteiger partial charge in [-0.25, -0.2) is 0 Å². The molecule has 10 nitrogen and oxygen atoms in total. The van der Waals surface area contributed by atoms with Crippen molar-refractivity contribution in [3.63, 3.8) is 0 Å². The summed E-state index contributed by atoms with van der Waals surface area (Å²) in [6.45, 7) is 5.72. The van der Waals surface area contributed by atoms with E-state index in [-0.39, 0.29) is 17.9 Å². The Morgan fingerprint density at radius 3 is 2.47 bits per heavy atom. The number of hydrogen-bond donors (Lipinski definition) is 2. The Balaban J connectivity index is 1.86. The number of Topliss-reactive ketones (excluding diaryl/α,β-unsaturated/α-hetero) is 1. The predicted octanol–water partition coefficient (Wildman–Crippen LogP) is -1.27. The summed E-state index contributed by atoms with van der Waals surface area (Å²) in [4.78, 5) is 53.4. The number of piperazine rings is 1. The van der Waals surface area contributed by atoms with Crippen LogP contribution in [0.2, 0.25) is 0 Å². The second-order valence-corrected chi connectivity index (χ2v) is 9.15. The fraction of sp³-hybridized carbons (Fsp3) is 0.700. The Morgan fingerprint density at radius 2 is 1.97 bits per heavy atom. The Labute approximate surface area is 173 Å². The topological polar surface area (TPSA) is 134 Å². The van der Waals surface area contributed by atoms with Crippen LogP contribution in [0.1, 0.15) is 34.1 Å². The van der Waals surface area contributed by atoms with Gasteiger partial charge in [-0.2, -0.15) is 0 Å². The standard InChI is InChI=1S/C20H26N2O8/c1-9-18(3,4)16(27)20(30-9)7-13-19(28,17(20)29-10(2)24)6-11-14(25)21(5)12(8-23)15(26)22(11)13/h6,9,12-13,17,23,28H,7-8H2,1-5H3/t9-,12-,13-,17+,19+,20-/m1/s1. The van der Waals surface area contributed by atoms with Gasteiger partial charge < -0.3 is 24.6 Å². The zero-order chi connectivity index (χ0) is 22.4. The Bertz CT molecular complexity index is 897. The highest BCUT2D eigenvalue weighted by Gasteiger charge is 2.76. The fourth-order valence-corrected chi connectivity index (χ4v) is 5.24. The minimum atomic E-state index is -1.99. The number of amides is 2. The van der Waals surface area contributed by atoms with Crippen LogP contribution in [0, 0.1) is 5.41 Å². The molecule has 1 spiro atoms. The Hall–Kier alpha value is -2.30. The van der Waals surface area contributed by atoms with E-state index in [4.69, 9.17) is 9.47 Å². The number of esters is 1. The largest absolute Gasteiger partial charge is 0.455 e. The molecule has 0 aromatic rings. The summed E-state index contributed by atoms with van der Waals surface area (Å²) in [6.07, 6.45) is -0.906. The van der Waals surface area contributed by atoms with E-state index in [2.05, 4.69) is 0 Å². The maximum absolute atomic E-state index is 13.4. The van der Waals surface area contributed by atoms with E-state index in [0.717, 1.165) is 16.7 Å². The molecular formula is C20H26N2O8. The van der Waals surface area contributed by atoms with Crippen LogP contribution < -0.4 is 0 Å². The van der Waals surface area contributed by atoms with E-state index in [9.17, 15) is 29.4 Å². The van der Waals surface area contributed by atoms with Gasteiger partial charge >= 0.3 is 5.97 Å². The molecule has 0 aromatic carbocycles. The first-order chi connectivity index (χ1) is 13.8. The molecule has 4 rings (SSSR count). The monoisotopic (exact) mass is 422 g/mol. The van der Waals surface area contributed by atoms with Crippen LogP contribution in [0.3, 0.4) is 0 Å². The molecule has 0 unspecified atom stereocenters. The molecular weight excluding hydrogens is 396 g/mol. The van der Waals surface area contributed by atoms with Gasteiger partial charge in [-0.3, -0.25) is 24.1 Å². The summed E-state index contributed by atoms with van der Waals surface area (Å²) in [6, 6.07) is -2.17. The molecule has 3 aliphatic heterocycles. The molecule has 1 saturated carbocycles. The number of aliphatic hydroxyl groups excluding tert-OH is 1. The molecule has 30 heavy (non-hydrogen) atoms. The molecule has 3 fully saturated rings. The summed E-state index contributed by atoms with van der Waals surface area (Å²) in [5, 5.41) is 21.3. The molecule has 0 bridgehead atoms. The van der Waals surface area contributed by atoms with Gasteiger partial charge in [-0.1, -0.05) is 13.8 Å². The molecule has 164 valence electrons. The normalized spacial score (nSPS) is 42.0. The average molecular weight is 422 g/mol. The van der Waals surface area contributed by atoms with Gasteiger partial charge in [0.15, 0.2) is 17.5 Å². The van der Waals surface area contributed by atoms with Crippen LogP contribution >= 0.6 is 0 Å². The first-order valence-electron chi connectivity index (χ1n) is 9.89. The number of ether oxygens (including phenoxy) is 2. The molecule has 0 radical (unpaired) electrons. The first-order valence-corrected chi connectivity index (χ1v) is 9.89. The highest BCUT2D eigenvalue weighted by Crippen LogP contribution is 2.57. The molecule has 10 heteroatoms. The molecule has 4 aliphatic rings. The van der Waals surface area contributed by atoms with E-state index < -0.39 is 65.3 Å². The second kappa shape index (κ2) is 6.12. The predicted molar refractivity (Wildman–Crippen MR) is 99.5 cm³/mol. The first kappa shape index (κ1) is 21.0. The van der Waals surface area contributed by atoms with Crippen molar-refractivity contribution in [1.82, 2.24) is 9.80 Å². The van der Waals surface area contributed by atoms with Crippen LogP contribution in [0.4, 0.5) is 0 Å². The second-order valence-electron chi connectivity index (χ2n) is 9.15. The van der Waals surface area contributed by atoms with Crippen molar-refractivity contribution >= 4 is 23.6 Å². The maximum atomic E-state index is 13.4. The molecule has 2 N–H and O–H groups in total. The lowest BCUT2D eigenvalue weighted by atomic mass is 9.77. The highest BCUT2D eigenvalue weighted by molar-refractivity contribution is 6.06. The molecule has 2 amide bonds. The third-order valence-corrected chi connectivity index (χ3v) is 7.17. The van der Waals surface area contributed by atoms with Gasteiger partial charge in [0.05, 0.1) is 24.2 Å². The summed E-state index contributed by atoms with van der Waals surface area (Å²) in [7, 11) is 1.39. The van der Waals surface area contributed by atoms with E-state index >= 15 is 0 Å². The summed E-state index contributed by atoms with van der Waals surface area (Å²) < 4.78 is 11.5.